The number of hydrogen-bond donors (Lipinski definition) is 2. The van der Waals surface area contributed by atoms with E-state index in [0.717, 1.165) is 6.42 Å². The molecule has 5 heteroatoms. The Morgan fingerprint density at radius 2 is 2.36 bits per heavy atom. The molecule has 78 valence electrons. The Morgan fingerprint density at radius 1 is 1.71 bits per heavy atom. The zero-order valence-electron chi connectivity index (χ0n) is 8.25. The Morgan fingerprint density at radius 3 is 2.86 bits per heavy atom. The molecule has 0 saturated carbocycles. The zero-order chi connectivity index (χ0) is 10.3. The normalized spacial score (nSPS) is 32.7. The van der Waals surface area contributed by atoms with E-state index in [1.165, 1.54) is 0 Å². The van der Waals surface area contributed by atoms with Gasteiger partial charge in [0.05, 0.1) is 18.0 Å². The summed E-state index contributed by atoms with van der Waals surface area (Å²) >= 11 is 0. The quantitative estimate of drug-likeness (QED) is 0.520. The van der Waals surface area contributed by atoms with Crippen LogP contribution in [-0.4, -0.2) is 41.4 Å². The van der Waals surface area contributed by atoms with Gasteiger partial charge in [0.1, 0.15) is 0 Å². The number of nitrogens with zero attached hydrogens (tertiary/aromatic N) is 1. The number of β-lactam (4-membered cyclic amide) rings is 1. The molecule has 2 aliphatic rings. The predicted octanol–water partition coefficient (Wildman–Crippen LogP) is -1.18. The van der Waals surface area contributed by atoms with Crippen molar-refractivity contribution in [2.75, 3.05) is 13.1 Å². The number of hydrogen-bond acceptors (Lipinski definition) is 3. The lowest BCUT2D eigenvalue weighted by atomic mass is 9.86. The van der Waals surface area contributed by atoms with Gasteiger partial charge in [-0.05, 0) is 13.3 Å². The van der Waals surface area contributed by atoms with E-state index in [1.54, 1.807) is 11.8 Å². The number of amides is 2. The van der Waals surface area contributed by atoms with Crippen LogP contribution in [0.4, 0.5) is 0 Å². The van der Waals surface area contributed by atoms with Crippen molar-refractivity contribution in [1.29, 1.82) is 0 Å². The van der Waals surface area contributed by atoms with Crippen LogP contribution in [0.5, 0.6) is 0 Å². The van der Waals surface area contributed by atoms with E-state index >= 15 is 0 Å². The lowest BCUT2D eigenvalue weighted by Crippen LogP contribution is -2.62. The number of nitrogens with one attached hydrogen (secondary N) is 1. The van der Waals surface area contributed by atoms with Gasteiger partial charge in [0.25, 0.3) is 0 Å². The molecule has 5 nitrogen and oxygen atoms in total. The number of nitrogens with two attached hydrogens (primary N) is 1. The van der Waals surface area contributed by atoms with Crippen LogP contribution in [0.3, 0.4) is 0 Å². The van der Waals surface area contributed by atoms with Crippen LogP contribution in [0.2, 0.25) is 0 Å². The first-order chi connectivity index (χ1) is 6.52. The van der Waals surface area contributed by atoms with Gasteiger partial charge in [0, 0.05) is 13.1 Å². The second-order valence-electron chi connectivity index (χ2n) is 4.30. The molecule has 0 radical (unpaired) electrons. The van der Waals surface area contributed by atoms with E-state index in [2.05, 4.69) is 5.32 Å². The van der Waals surface area contributed by atoms with Crippen LogP contribution in [0.25, 0.3) is 0 Å². The van der Waals surface area contributed by atoms with Crippen LogP contribution in [0, 0.1) is 0 Å². The predicted molar refractivity (Wildman–Crippen MR) is 50.3 cm³/mol. The van der Waals surface area contributed by atoms with E-state index in [-0.39, 0.29) is 17.4 Å². The first-order valence-corrected chi connectivity index (χ1v) is 4.88. The molecule has 0 aromatic carbocycles. The van der Waals surface area contributed by atoms with E-state index < -0.39 is 6.04 Å². The molecule has 0 aliphatic carbocycles. The molecule has 1 spiro atoms. The number of carbonyl (C=O) groups is 2. The van der Waals surface area contributed by atoms with E-state index in [1.807, 2.05) is 0 Å². The fourth-order valence-electron chi connectivity index (χ4n) is 2.18. The maximum atomic E-state index is 11.5. The fourth-order valence-corrected chi connectivity index (χ4v) is 2.18. The van der Waals surface area contributed by atoms with Gasteiger partial charge in [-0.1, -0.05) is 0 Å². The Labute approximate surface area is 82.6 Å². The van der Waals surface area contributed by atoms with Crippen molar-refractivity contribution >= 4 is 11.8 Å². The molecule has 0 unspecified atom stereocenters. The van der Waals surface area contributed by atoms with Gasteiger partial charge < -0.3 is 16.0 Å². The summed E-state index contributed by atoms with van der Waals surface area (Å²) < 4.78 is 0. The van der Waals surface area contributed by atoms with E-state index in [4.69, 9.17) is 5.73 Å². The van der Waals surface area contributed by atoms with Gasteiger partial charge in [-0.25, -0.2) is 0 Å². The van der Waals surface area contributed by atoms with Crippen molar-refractivity contribution in [3.05, 3.63) is 0 Å². The molecular weight excluding hydrogens is 182 g/mol. The lowest BCUT2D eigenvalue weighted by Gasteiger charge is -2.38. The second kappa shape index (κ2) is 2.95. The largest absolute Gasteiger partial charge is 0.348 e. The average Bonchev–Trinajstić information content (AvgIpc) is 2.47. The first kappa shape index (κ1) is 9.45. The Hall–Kier alpha value is -1.10. The molecule has 2 rings (SSSR count). The Bertz CT molecular complexity index is 280. The minimum Gasteiger partial charge on any atom is -0.348 e. The maximum Gasteiger partial charge on any atom is 0.239 e. The summed E-state index contributed by atoms with van der Waals surface area (Å²) in [7, 11) is 0. The number of likely N-dealkylation sites (tertiary alicyclic amines) is 1. The minimum atomic E-state index is -0.444. The minimum absolute atomic E-state index is 0.0250. The summed E-state index contributed by atoms with van der Waals surface area (Å²) in [4.78, 5) is 24.1. The summed E-state index contributed by atoms with van der Waals surface area (Å²) in [6, 6.07) is -0.444. The second-order valence-corrected chi connectivity index (χ2v) is 4.30. The molecular formula is C9H15N3O2. The van der Waals surface area contributed by atoms with Crippen molar-refractivity contribution in [3.8, 4) is 0 Å². The van der Waals surface area contributed by atoms with Crippen molar-refractivity contribution in [3.63, 3.8) is 0 Å². The zero-order valence-corrected chi connectivity index (χ0v) is 8.25. The molecule has 2 aliphatic heterocycles. The van der Waals surface area contributed by atoms with E-state index in [9.17, 15) is 9.59 Å². The van der Waals surface area contributed by atoms with Crippen molar-refractivity contribution in [1.82, 2.24) is 10.2 Å². The van der Waals surface area contributed by atoms with Crippen LogP contribution < -0.4 is 11.1 Å². The molecule has 2 atom stereocenters. The average molecular weight is 197 g/mol. The molecule has 0 bridgehead atoms. The topological polar surface area (TPSA) is 75.4 Å². The Balaban J connectivity index is 1.95. The highest BCUT2D eigenvalue weighted by atomic mass is 16.2. The van der Waals surface area contributed by atoms with Crippen molar-refractivity contribution in [2.24, 2.45) is 5.73 Å². The van der Waals surface area contributed by atoms with Gasteiger partial charge in [0.2, 0.25) is 11.8 Å². The molecule has 0 aromatic heterocycles. The summed E-state index contributed by atoms with van der Waals surface area (Å²) in [5.74, 6) is 0.0584. The lowest BCUT2D eigenvalue weighted by molar-refractivity contribution is -0.135. The summed E-state index contributed by atoms with van der Waals surface area (Å²) in [5, 5.41) is 2.87. The maximum absolute atomic E-state index is 11.5. The molecule has 0 aromatic rings. The summed E-state index contributed by atoms with van der Waals surface area (Å²) in [5.41, 5.74) is 5.39. The van der Waals surface area contributed by atoms with Crippen molar-refractivity contribution in [2.45, 2.75) is 31.3 Å². The number of rotatable bonds is 1. The highest BCUT2D eigenvalue weighted by Gasteiger charge is 2.48. The smallest absolute Gasteiger partial charge is 0.239 e. The molecule has 2 heterocycles. The molecule has 14 heavy (non-hydrogen) atoms. The molecule has 2 amide bonds. The summed E-state index contributed by atoms with van der Waals surface area (Å²) in [6.45, 7) is 3.02. The molecule has 2 saturated heterocycles. The Kier molecular flexibility index (Phi) is 1.99. The van der Waals surface area contributed by atoms with Gasteiger partial charge >= 0.3 is 0 Å². The standard InChI is InChI=1S/C9H15N3O2/c1-6(10)8(14)12-3-2-9(5-12)4-7(13)11-9/h6H,2-5,10H2,1H3,(H,11,13)/t6-,9+/m1/s1. The third-order valence-electron chi connectivity index (χ3n) is 2.96. The fraction of sp³-hybridized carbons (Fsp3) is 0.778. The van der Waals surface area contributed by atoms with E-state index in [0.29, 0.717) is 19.5 Å². The van der Waals surface area contributed by atoms with Gasteiger partial charge in [0.15, 0.2) is 0 Å². The highest BCUT2D eigenvalue weighted by Crippen LogP contribution is 2.31. The first-order valence-electron chi connectivity index (χ1n) is 4.88. The highest BCUT2D eigenvalue weighted by molar-refractivity contribution is 5.86. The molecule has 2 fully saturated rings. The molecule has 3 N–H and O–H groups in total. The third-order valence-corrected chi connectivity index (χ3v) is 2.96. The van der Waals surface area contributed by atoms with Crippen LogP contribution in [-0.2, 0) is 9.59 Å². The van der Waals surface area contributed by atoms with Crippen molar-refractivity contribution < 1.29 is 9.59 Å². The SMILES string of the molecule is C[C@@H](N)C(=O)N1CC[C@]2(CC(=O)N2)C1. The van der Waals surface area contributed by atoms with Crippen LogP contribution in [0.15, 0.2) is 0 Å². The third kappa shape index (κ3) is 1.37. The van der Waals surface area contributed by atoms with Gasteiger partial charge in [-0.2, -0.15) is 0 Å². The number of carbonyl (C=O) groups excluding carboxylic acids is 2. The monoisotopic (exact) mass is 197 g/mol. The van der Waals surface area contributed by atoms with Gasteiger partial charge in [-0.15, -0.1) is 0 Å². The summed E-state index contributed by atoms with van der Waals surface area (Å²) in [6.07, 6.45) is 1.41. The van der Waals surface area contributed by atoms with Gasteiger partial charge in [-0.3, -0.25) is 9.59 Å². The van der Waals surface area contributed by atoms with Crippen LogP contribution in [0.1, 0.15) is 19.8 Å². The van der Waals surface area contributed by atoms with Crippen LogP contribution >= 0.6 is 0 Å².